The summed E-state index contributed by atoms with van der Waals surface area (Å²) < 4.78 is 37.8. The van der Waals surface area contributed by atoms with Crippen LogP contribution in [0.3, 0.4) is 0 Å². The van der Waals surface area contributed by atoms with Crippen molar-refractivity contribution in [3.8, 4) is 0 Å². The van der Waals surface area contributed by atoms with Gasteiger partial charge in [0.25, 0.3) is 0 Å². The summed E-state index contributed by atoms with van der Waals surface area (Å²) in [6.07, 6.45) is 1.43. The number of hydrogen-bond donors (Lipinski definition) is 1. The van der Waals surface area contributed by atoms with E-state index in [4.69, 9.17) is 4.74 Å². The molecule has 0 radical (unpaired) electrons. The zero-order valence-electron chi connectivity index (χ0n) is 16.8. The largest absolute Gasteiger partial charge is 0.444 e. The van der Waals surface area contributed by atoms with E-state index in [2.05, 4.69) is 4.98 Å². The summed E-state index contributed by atoms with van der Waals surface area (Å²) in [5.41, 5.74) is 1.87. The Morgan fingerprint density at radius 2 is 1.90 bits per heavy atom. The van der Waals surface area contributed by atoms with Gasteiger partial charge in [0.15, 0.2) is 5.03 Å². The Labute approximate surface area is 171 Å². The molecule has 7 nitrogen and oxygen atoms in total. The highest BCUT2D eigenvalue weighted by molar-refractivity contribution is 7.85. The minimum Gasteiger partial charge on any atom is -0.444 e. The summed E-state index contributed by atoms with van der Waals surface area (Å²) >= 11 is 0. The van der Waals surface area contributed by atoms with Crippen LogP contribution in [0.15, 0.2) is 47.5 Å². The molecule has 1 aromatic carbocycles. The fourth-order valence-corrected chi connectivity index (χ4v) is 3.86. The van der Waals surface area contributed by atoms with Gasteiger partial charge in [-0.3, -0.25) is 4.55 Å². The normalized spacial score (nSPS) is 17.0. The molecule has 1 aliphatic rings. The van der Waals surface area contributed by atoms with Crippen molar-refractivity contribution >= 4 is 16.2 Å². The van der Waals surface area contributed by atoms with E-state index in [0.29, 0.717) is 18.5 Å². The van der Waals surface area contributed by atoms with E-state index in [1.54, 1.807) is 11.0 Å². The number of nitrogens with zero attached hydrogens (tertiary/aromatic N) is 2. The van der Waals surface area contributed by atoms with Crippen molar-refractivity contribution in [2.45, 2.75) is 63.2 Å². The molecule has 1 amide bonds. The Morgan fingerprint density at radius 1 is 1.21 bits per heavy atom. The number of carbonyl (C=O) groups is 1. The minimum absolute atomic E-state index is 0.193. The third-order valence-corrected chi connectivity index (χ3v) is 5.51. The minimum atomic E-state index is -4.38. The summed E-state index contributed by atoms with van der Waals surface area (Å²) in [6, 6.07) is 12.6. The highest BCUT2D eigenvalue weighted by Crippen LogP contribution is 2.27. The fraction of sp³-hybridized carbons (Fsp3) is 0.429. The van der Waals surface area contributed by atoms with E-state index in [0.717, 1.165) is 17.5 Å². The van der Waals surface area contributed by atoms with Crippen molar-refractivity contribution in [1.82, 2.24) is 9.88 Å². The van der Waals surface area contributed by atoms with Gasteiger partial charge in [0.1, 0.15) is 5.60 Å². The molecule has 1 atom stereocenters. The molecule has 0 aliphatic carbocycles. The van der Waals surface area contributed by atoms with E-state index in [1.165, 1.54) is 6.07 Å². The number of aryl methyl sites for hydroxylation is 1. The lowest BCUT2D eigenvalue weighted by molar-refractivity contribution is 0.0107. The highest BCUT2D eigenvalue weighted by atomic mass is 32.2. The first kappa shape index (κ1) is 21.3. The second kappa shape index (κ2) is 8.12. The first-order valence-corrected chi connectivity index (χ1v) is 11.0. The SMILES string of the molecule is CC(C)(C)OC(=O)N1Cc2ccc(S(=O)(=O)O)nc2CC1CCc1ccccc1. The van der Waals surface area contributed by atoms with Crippen molar-refractivity contribution in [1.29, 1.82) is 0 Å². The third kappa shape index (κ3) is 5.55. The molecule has 8 heteroatoms. The number of fused-ring (bicyclic) bond motifs is 1. The lowest BCUT2D eigenvalue weighted by Crippen LogP contribution is -2.47. The van der Waals surface area contributed by atoms with E-state index in [1.807, 2.05) is 51.1 Å². The van der Waals surface area contributed by atoms with E-state index in [-0.39, 0.29) is 17.6 Å². The van der Waals surface area contributed by atoms with Crippen molar-refractivity contribution in [2.24, 2.45) is 0 Å². The molecule has 2 aromatic rings. The second-order valence-corrected chi connectivity index (χ2v) is 9.59. The monoisotopic (exact) mass is 418 g/mol. The van der Waals surface area contributed by atoms with E-state index >= 15 is 0 Å². The summed E-state index contributed by atoms with van der Waals surface area (Å²) in [7, 11) is -4.38. The predicted molar refractivity (Wildman–Crippen MR) is 108 cm³/mol. The van der Waals surface area contributed by atoms with Gasteiger partial charge >= 0.3 is 16.2 Å². The molecule has 29 heavy (non-hydrogen) atoms. The van der Waals surface area contributed by atoms with Gasteiger partial charge in [-0.1, -0.05) is 36.4 Å². The maximum absolute atomic E-state index is 12.8. The number of pyridine rings is 1. The predicted octanol–water partition coefficient (Wildman–Crippen LogP) is 3.62. The van der Waals surface area contributed by atoms with Crippen molar-refractivity contribution in [2.75, 3.05) is 0 Å². The van der Waals surface area contributed by atoms with Crippen LogP contribution in [0.5, 0.6) is 0 Å². The Bertz CT molecular complexity index is 984. The lowest BCUT2D eigenvalue weighted by atomic mass is 9.94. The van der Waals surface area contributed by atoms with Crippen LogP contribution in [0.2, 0.25) is 0 Å². The quantitative estimate of drug-likeness (QED) is 0.762. The average Bonchev–Trinajstić information content (AvgIpc) is 2.64. The Kier molecular flexibility index (Phi) is 5.95. The van der Waals surface area contributed by atoms with Crippen LogP contribution in [0.1, 0.15) is 44.0 Å². The van der Waals surface area contributed by atoms with Gasteiger partial charge in [0.2, 0.25) is 0 Å². The number of rotatable bonds is 4. The smallest absolute Gasteiger partial charge is 0.410 e. The Morgan fingerprint density at radius 3 is 2.52 bits per heavy atom. The van der Waals surface area contributed by atoms with Crippen molar-refractivity contribution < 1.29 is 22.5 Å². The molecule has 0 saturated heterocycles. The van der Waals surface area contributed by atoms with Gasteiger partial charge in [0.05, 0.1) is 6.54 Å². The van der Waals surface area contributed by atoms with Crippen LogP contribution in [0.4, 0.5) is 4.79 Å². The van der Waals surface area contributed by atoms with Gasteiger partial charge in [-0.05, 0) is 50.8 Å². The molecular weight excluding hydrogens is 392 g/mol. The molecule has 156 valence electrons. The van der Waals surface area contributed by atoms with Crippen LogP contribution in [-0.4, -0.2) is 40.6 Å². The molecular formula is C21H26N2O5S. The highest BCUT2D eigenvalue weighted by Gasteiger charge is 2.34. The summed E-state index contributed by atoms with van der Waals surface area (Å²) in [5, 5.41) is -0.372. The van der Waals surface area contributed by atoms with Gasteiger partial charge in [-0.25, -0.2) is 9.78 Å². The molecule has 0 saturated carbocycles. The van der Waals surface area contributed by atoms with Gasteiger partial charge < -0.3 is 9.64 Å². The molecule has 0 spiro atoms. The topological polar surface area (TPSA) is 96.8 Å². The molecule has 2 heterocycles. The number of aromatic nitrogens is 1. The first-order valence-electron chi connectivity index (χ1n) is 9.53. The summed E-state index contributed by atoms with van der Waals surface area (Å²) in [6.45, 7) is 5.74. The number of ether oxygens (including phenoxy) is 1. The van der Waals surface area contributed by atoms with Crippen LogP contribution >= 0.6 is 0 Å². The Balaban J connectivity index is 1.87. The first-order chi connectivity index (χ1) is 13.5. The van der Waals surface area contributed by atoms with Crippen LogP contribution in [0, 0.1) is 0 Å². The Hall–Kier alpha value is -2.45. The van der Waals surface area contributed by atoms with Crippen molar-refractivity contribution in [3.63, 3.8) is 0 Å². The summed E-state index contributed by atoms with van der Waals surface area (Å²) in [4.78, 5) is 18.6. The molecule has 1 N–H and O–H groups in total. The van der Waals surface area contributed by atoms with Gasteiger partial charge in [-0.15, -0.1) is 0 Å². The second-order valence-electron chi connectivity index (χ2n) is 8.22. The van der Waals surface area contributed by atoms with Gasteiger partial charge in [-0.2, -0.15) is 8.42 Å². The third-order valence-electron chi connectivity index (χ3n) is 4.75. The van der Waals surface area contributed by atoms with E-state index < -0.39 is 21.8 Å². The van der Waals surface area contributed by atoms with Crippen LogP contribution in [-0.2, 0) is 34.2 Å². The molecule has 3 rings (SSSR count). The average molecular weight is 419 g/mol. The molecule has 1 aliphatic heterocycles. The number of hydrogen-bond acceptors (Lipinski definition) is 5. The maximum atomic E-state index is 12.8. The number of amides is 1. The number of carbonyl (C=O) groups excluding carboxylic acids is 1. The lowest BCUT2D eigenvalue weighted by Gasteiger charge is -2.37. The van der Waals surface area contributed by atoms with Crippen LogP contribution < -0.4 is 0 Å². The molecule has 0 fully saturated rings. The van der Waals surface area contributed by atoms with Crippen LogP contribution in [0.25, 0.3) is 0 Å². The fourth-order valence-electron chi connectivity index (χ4n) is 3.39. The zero-order valence-corrected chi connectivity index (χ0v) is 17.6. The van der Waals surface area contributed by atoms with Gasteiger partial charge in [0, 0.05) is 18.2 Å². The molecule has 1 unspecified atom stereocenters. The van der Waals surface area contributed by atoms with E-state index in [9.17, 15) is 17.8 Å². The molecule has 1 aromatic heterocycles. The number of benzene rings is 1. The molecule has 0 bridgehead atoms. The standard InChI is InChI=1S/C21H26N2O5S/c1-21(2,3)28-20(24)23-14-16-10-12-19(29(25,26)27)22-18(16)13-17(23)11-9-15-7-5-4-6-8-15/h4-8,10,12,17H,9,11,13-14H2,1-3H3,(H,25,26,27). The maximum Gasteiger partial charge on any atom is 0.410 e. The van der Waals surface area contributed by atoms with Crippen molar-refractivity contribution in [3.05, 3.63) is 59.3 Å². The zero-order chi connectivity index (χ0) is 21.2. The summed E-state index contributed by atoms with van der Waals surface area (Å²) in [5.74, 6) is 0.